The summed E-state index contributed by atoms with van der Waals surface area (Å²) < 4.78 is 0. The first kappa shape index (κ1) is 16.3. The standard InChI is InChI=1S/C17H25ClN2O/c1-17(2,3)19-16(21)14-8-10-20(11-9-14)12-13-4-6-15(18)7-5-13/h4-7,14H,8-12H2,1-3H3,(H,19,21)/p+1. The molecule has 1 aromatic rings. The normalized spacial score (nSPS) is 22.9. The van der Waals surface area contributed by atoms with Gasteiger partial charge in [0.1, 0.15) is 6.54 Å². The van der Waals surface area contributed by atoms with Gasteiger partial charge in [0, 0.05) is 34.9 Å². The summed E-state index contributed by atoms with van der Waals surface area (Å²) in [7, 11) is 0. The van der Waals surface area contributed by atoms with E-state index >= 15 is 0 Å². The van der Waals surface area contributed by atoms with Crippen molar-refractivity contribution in [2.24, 2.45) is 5.92 Å². The van der Waals surface area contributed by atoms with Gasteiger partial charge in [-0.1, -0.05) is 23.7 Å². The number of piperidine rings is 1. The van der Waals surface area contributed by atoms with Crippen LogP contribution in [-0.4, -0.2) is 24.5 Å². The topological polar surface area (TPSA) is 33.5 Å². The molecule has 1 aliphatic heterocycles. The number of quaternary nitrogens is 1. The number of halogens is 1. The average Bonchev–Trinajstić information content (AvgIpc) is 2.40. The fraction of sp³-hybridized carbons (Fsp3) is 0.588. The summed E-state index contributed by atoms with van der Waals surface area (Å²) in [6, 6.07) is 8.07. The molecule has 2 N–H and O–H groups in total. The Hall–Kier alpha value is -1.06. The van der Waals surface area contributed by atoms with Gasteiger partial charge in [0.2, 0.25) is 5.91 Å². The van der Waals surface area contributed by atoms with Gasteiger partial charge in [-0.2, -0.15) is 0 Å². The SMILES string of the molecule is CC(C)(C)NC(=O)C1CC[NH+](Cc2ccc(Cl)cc2)CC1. The summed E-state index contributed by atoms with van der Waals surface area (Å²) in [5, 5.41) is 3.88. The fourth-order valence-corrected chi connectivity index (χ4v) is 2.95. The highest BCUT2D eigenvalue weighted by molar-refractivity contribution is 6.30. The van der Waals surface area contributed by atoms with Crippen LogP contribution in [0.1, 0.15) is 39.2 Å². The lowest BCUT2D eigenvalue weighted by Crippen LogP contribution is -3.11. The van der Waals surface area contributed by atoms with Crippen molar-refractivity contribution in [1.82, 2.24) is 5.32 Å². The van der Waals surface area contributed by atoms with Crippen LogP contribution in [0.15, 0.2) is 24.3 Å². The van der Waals surface area contributed by atoms with Crippen LogP contribution in [0, 0.1) is 5.92 Å². The van der Waals surface area contributed by atoms with Crippen molar-refractivity contribution >= 4 is 17.5 Å². The molecule has 0 aromatic heterocycles. The minimum Gasteiger partial charge on any atom is -0.351 e. The first-order valence-electron chi connectivity index (χ1n) is 7.73. The van der Waals surface area contributed by atoms with Crippen LogP contribution in [0.25, 0.3) is 0 Å². The number of carbonyl (C=O) groups excluding carboxylic acids is 1. The fourth-order valence-electron chi connectivity index (χ4n) is 2.83. The maximum Gasteiger partial charge on any atom is 0.223 e. The van der Waals surface area contributed by atoms with Crippen molar-refractivity contribution < 1.29 is 9.69 Å². The molecule has 0 saturated carbocycles. The second kappa shape index (κ2) is 6.80. The Morgan fingerprint density at radius 1 is 1.24 bits per heavy atom. The van der Waals surface area contributed by atoms with Crippen molar-refractivity contribution in [3.05, 3.63) is 34.9 Å². The summed E-state index contributed by atoms with van der Waals surface area (Å²) in [5.41, 5.74) is 1.18. The number of nitrogens with one attached hydrogen (secondary N) is 2. The predicted molar refractivity (Wildman–Crippen MR) is 86.5 cm³/mol. The number of benzene rings is 1. The summed E-state index contributed by atoms with van der Waals surface area (Å²) >= 11 is 5.91. The number of amides is 1. The van der Waals surface area contributed by atoms with Crippen LogP contribution in [0.5, 0.6) is 0 Å². The highest BCUT2D eigenvalue weighted by Crippen LogP contribution is 2.13. The Morgan fingerprint density at radius 3 is 2.33 bits per heavy atom. The lowest BCUT2D eigenvalue weighted by molar-refractivity contribution is -0.919. The molecule has 1 fully saturated rings. The number of carbonyl (C=O) groups is 1. The van der Waals surface area contributed by atoms with Crippen molar-refractivity contribution in [2.75, 3.05) is 13.1 Å². The van der Waals surface area contributed by atoms with E-state index < -0.39 is 0 Å². The van der Waals surface area contributed by atoms with E-state index in [1.54, 1.807) is 4.90 Å². The molecule has 1 amide bonds. The predicted octanol–water partition coefficient (Wildman–Crippen LogP) is 2.05. The van der Waals surface area contributed by atoms with E-state index in [0.29, 0.717) is 0 Å². The molecule has 116 valence electrons. The second-order valence-electron chi connectivity index (χ2n) is 7.07. The number of hydrogen-bond acceptors (Lipinski definition) is 1. The molecule has 0 spiro atoms. The quantitative estimate of drug-likeness (QED) is 0.880. The van der Waals surface area contributed by atoms with Crippen LogP contribution >= 0.6 is 11.6 Å². The van der Waals surface area contributed by atoms with Gasteiger partial charge in [0.25, 0.3) is 0 Å². The molecule has 1 aliphatic rings. The third-order valence-corrected chi connectivity index (χ3v) is 4.18. The molecule has 1 aromatic carbocycles. The first-order valence-corrected chi connectivity index (χ1v) is 8.11. The zero-order valence-corrected chi connectivity index (χ0v) is 14.0. The summed E-state index contributed by atoms with van der Waals surface area (Å²) in [6.07, 6.45) is 1.95. The van der Waals surface area contributed by atoms with E-state index in [0.717, 1.165) is 37.5 Å². The van der Waals surface area contributed by atoms with E-state index in [1.807, 2.05) is 32.9 Å². The van der Waals surface area contributed by atoms with Crippen molar-refractivity contribution in [2.45, 2.75) is 45.7 Å². The van der Waals surface area contributed by atoms with Crippen molar-refractivity contribution in [3.63, 3.8) is 0 Å². The highest BCUT2D eigenvalue weighted by atomic mass is 35.5. The Morgan fingerprint density at radius 2 is 1.81 bits per heavy atom. The van der Waals surface area contributed by atoms with E-state index in [-0.39, 0.29) is 17.4 Å². The minimum absolute atomic E-state index is 0.135. The van der Waals surface area contributed by atoms with Gasteiger partial charge in [0.05, 0.1) is 13.1 Å². The third kappa shape index (κ3) is 5.33. The van der Waals surface area contributed by atoms with E-state index in [4.69, 9.17) is 11.6 Å². The number of likely N-dealkylation sites (tertiary alicyclic amines) is 1. The van der Waals surface area contributed by atoms with Crippen LogP contribution in [0.2, 0.25) is 5.02 Å². The maximum absolute atomic E-state index is 12.2. The smallest absolute Gasteiger partial charge is 0.223 e. The minimum atomic E-state index is -0.135. The highest BCUT2D eigenvalue weighted by Gasteiger charge is 2.29. The zero-order chi connectivity index (χ0) is 15.5. The largest absolute Gasteiger partial charge is 0.351 e. The van der Waals surface area contributed by atoms with E-state index in [2.05, 4.69) is 17.4 Å². The molecule has 0 unspecified atom stereocenters. The molecule has 3 nitrogen and oxygen atoms in total. The molecular formula is C17H26ClN2O+. The number of hydrogen-bond donors (Lipinski definition) is 2. The van der Waals surface area contributed by atoms with Crippen LogP contribution < -0.4 is 10.2 Å². The van der Waals surface area contributed by atoms with Crippen molar-refractivity contribution in [1.29, 1.82) is 0 Å². The molecule has 2 rings (SSSR count). The molecule has 1 saturated heterocycles. The molecule has 0 radical (unpaired) electrons. The average molecular weight is 310 g/mol. The second-order valence-corrected chi connectivity index (χ2v) is 7.50. The van der Waals surface area contributed by atoms with Crippen molar-refractivity contribution in [3.8, 4) is 0 Å². The monoisotopic (exact) mass is 309 g/mol. The molecule has 0 bridgehead atoms. The van der Waals surface area contributed by atoms with E-state index in [9.17, 15) is 4.79 Å². The molecule has 0 atom stereocenters. The van der Waals surface area contributed by atoms with Crippen LogP contribution in [0.3, 0.4) is 0 Å². The third-order valence-electron chi connectivity index (χ3n) is 3.93. The zero-order valence-electron chi connectivity index (χ0n) is 13.2. The lowest BCUT2D eigenvalue weighted by atomic mass is 9.94. The molecule has 1 heterocycles. The lowest BCUT2D eigenvalue weighted by Gasteiger charge is -2.31. The van der Waals surface area contributed by atoms with Gasteiger partial charge in [0.15, 0.2) is 0 Å². The molecule has 4 heteroatoms. The van der Waals surface area contributed by atoms with Crippen LogP contribution in [-0.2, 0) is 11.3 Å². The van der Waals surface area contributed by atoms with Gasteiger partial charge in [-0.25, -0.2) is 0 Å². The van der Waals surface area contributed by atoms with Gasteiger partial charge in [-0.15, -0.1) is 0 Å². The van der Waals surface area contributed by atoms with Gasteiger partial charge < -0.3 is 10.2 Å². The first-order chi connectivity index (χ1) is 9.83. The van der Waals surface area contributed by atoms with Gasteiger partial charge >= 0.3 is 0 Å². The Balaban J connectivity index is 1.80. The van der Waals surface area contributed by atoms with Gasteiger partial charge in [-0.05, 0) is 32.9 Å². The Labute approximate surface area is 132 Å². The van der Waals surface area contributed by atoms with Crippen LogP contribution in [0.4, 0.5) is 0 Å². The Bertz CT molecular complexity index is 471. The van der Waals surface area contributed by atoms with E-state index in [1.165, 1.54) is 5.56 Å². The van der Waals surface area contributed by atoms with Gasteiger partial charge in [-0.3, -0.25) is 4.79 Å². The summed E-state index contributed by atoms with van der Waals surface area (Å²) in [4.78, 5) is 13.7. The Kier molecular flexibility index (Phi) is 5.28. The number of rotatable bonds is 3. The summed E-state index contributed by atoms with van der Waals surface area (Å²) in [5.74, 6) is 0.395. The molecule has 0 aliphatic carbocycles. The molecular weight excluding hydrogens is 284 g/mol. The summed E-state index contributed by atoms with van der Waals surface area (Å²) in [6.45, 7) is 9.24. The maximum atomic E-state index is 12.2. The molecule has 21 heavy (non-hydrogen) atoms.